The fourth-order valence-corrected chi connectivity index (χ4v) is 14.9. The smallest absolute Gasteiger partial charge is 0.435 e. The first kappa shape index (κ1) is 89.4. The van der Waals surface area contributed by atoms with Crippen molar-refractivity contribution < 1.29 is 47.2 Å². The molecule has 3 aromatic heterocycles. The third-order valence-electron chi connectivity index (χ3n) is 15.3. The lowest BCUT2D eigenvalue weighted by atomic mass is 9.96. The number of aromatic nitrogens is 8. The number of aliphatic hydroxyl groups excluding tert-OH is 1. The molecule has 4 saturated heterocycles. The van der Waals surface area contributed by atoms with Gasteiger partial charge in [-0.05, 0) is 137 Å². The van der Waals surface area contributed by atoms with Crippen molar-refractivity contribution in [2.24, 2.45) is 9.98 Å². The maximum atomic E-state index is 12.8. The number of carbonyl (C=O) groups excluding carboxylic acids is 2. The summed E-state index contributed by atoms with van der Waals surface area (Å²) in [6.07, 6.45) is 0.714. The number of amidine groups is 2. The molecule has 0 radical (unpaired) electrons. The van der Waals surface area contributed by atoms with E-state index in [0.29, 0.717) is 98.1 Å². The maximum absolute atomic E-state index is 12.8. The van der Waals surface area contributed by atoms with Crippen molar-refractivity contribution in [3.8, 4) is 6.07 Å². The van der Waals surface area contributed by atoms with Crippen LogP contribution in [0.1, 0.15) is 196 Å². The molecule has 0 aliphatic carbocycles. The number of amides is 2. The second-order valence-electron chi connectivity index (χ2n) is 27.8. The zero-order valence-electron chi connectivity index (χ0n) is 63.7. The van der Waals surface area contributed by atoms with Gasteiger partial charge >= 0.3 is 23.6 Å². The van der Waals surface area contributed by atoms with E-state index in [0.717, 1.165) is 0 Å². The minimum atomic E-state index is -1.36. The maximum Gasteiger partial charge on any atom is 0.435 e. The number of carbonyl (C=O) groups is 2. The highest BCUT2D eigenvalue weighted by Gasteiger charge is 2.66. The topological polar surface area (TPSA) is 365 Å². The Morgan fingerprint density at radius 1 is 0.740 bits per heavy atom. The van der Waals surface area contributed by atoms with Gasteiger partial charge in [0.1, 0.15) is 71.6 Å². The molecule has 5 N–H and O–H groups in total. The Hall–Kier alpha value is -6.72. The van der Waals surface area contributed by atoms with Crippen LogP contribution in [0.2, 0.25) is 0 Å². The number of tetrazole rings is 1. The number of ether oxygens (including phenoxy) is 4. The number of aliphatic hydroxyl groups is 1. The molecule has 1 unspecified atom stereocenters. The Balaban J connectivity index is 0.000000473. The molecule has 9 atom stereocenters. The second kappa shape index (κ2) is 40.8. The lowest BCUT2D eigenvalue weighted by molar-refractivity contribution is -0.128. The first-order chi connectivity index (χ1) is 46.5. The van der Waals surface area contributed by atoms with Crippen LogP contribution in [0.5, 0.6) is 0 Å². The van der Waals surface area contributed by atoms with Gasteiger partial charge in [-0.3, -0.25) is 28.7 Å². The lowest BCUT2D eigenvalue weighted by Crippen LogP contribution is -2.50. The third kappa shape index (κ3) is 26.3. The molecular formula is C66H114N18O14P2. The Kier molecular flexibility index (Phi) is 36.5. The standard InChI is InChI=1S/C23H34N5O7P.C19H28N4O6.C15H32N3OP.C6H15N.C2H3N.CH2N4/c1-9-23-13-28(15(3)25-21(31)34-22(4,5)6)16(17(23)35-36(8)32-11-10-24-7)19(33-23)27-12-14(2)18(29)26-20(27)30;1-7-19-9-23(11(3)20-17(27)29-18(4,5)6)12(13(19)24)15(28-19)22-8-10(2)14(25)21-16(22)26;1-12(2)17(13(3)4)20(19-11-10-16-9)18(14(5)6)15(7)8;1-5(2)7-6(3)4;1-2-3;1-2-4-5-3-1/h12,16-17,19H,9-11,13H2,1-6,8H3,(H,26,29,30);8,12-13,15,24H,7,9H2,1-6H3,(H,21,25,26);12-15H,10-11H2,1-8H3;5-7H,1-4H3;1H3;1H,(H,2,3,4,5)/t16-,17+,19-,23+,36?;12-,13+,15-,19+;;;;/m11..../s1. The zero-order chi connectivity index (χ0) is 76.5. The molecule has 4 bridgehead atoms. The SMILES string of the molecule is CC#N.CC(C)NC(C)C.CC[C@@]12CN(C(C)=NC(=O)OC(C)(C)C)[C@@H]([C@H](n3cc(C)c(=O)[nH]c3=O)O1)[C@@H]2O.[C-]#[N+]CCOP(C)O[C@H]1[C@@H]2[C@H](n3cc(C)c(=O)[nH]c3=O)O[C@@]1(CC)CN2C(C)=NC(=O)OC(C)(C)C.[C-]#[N+]CCOP(N(C(C)C)C(C)C)N(C(C)C)C(C)C.c1nn[nH]n1. The second-order valence-corrected chi connectivity index (χ2v) is 30.9. The average Bonchev–Trinajstić information content (AvgIpc) is 1.56. The van der Waals surface area contributed by atoms with E-state index >= 15 is 0 Å². The molecule has 4 aliphatic heterocycles. The van der Waals surface area contributed by atoms with E-state index in [1.54, 1.807) is 86.9 Å². The molecule has 0 spiro atoms. The van der Waals surface area contributed by atoms with Gasteiger partial charge in [-0.2, -0.15) is 20.5 Å². The van der Waals surface area contributed by atoms with Gasteiger partial charge in [0.25, 0.3) is 11.1 Å². The summed E-state index contributed by atoms with van der Waals surface area (Å²) in [7, 11) is -2.19. The third-order valence-corrected chi connectivity index (χ3v) is 19.5. The first-order valence-electron chi connectivity index (χ1n) is 33.7. The predicted octanol–water partition coefficient (Wildman–Crippen LogP) is 9.25. The highest BCUT2D eigenvalue weighted by Crippen LogP contribution is 2.54. The molecule has 562 valence electrons. The van der Waals surface area contributed by atoms with E-state index < -0.39 is 111 Å². The van der Waals surface area contributed by atoms with E-state index in [9.17, 15) is 33.9 Å². The number of nitrogens with one attached hydrogen (secondary N) is 4. The summed E-state index contributed by atoms with van der Waals surface area (Å²) in [6.45, 7) is 66.4. The summed E-state index contributed by atoms with van der Waals surface area (Å²) in [5.74, 6) is 0.760. The van der Waals surface area contributed by atoms with E-state index in [2.05, 4.69) is 148 Å². The minimum Gasteiger partial charge on any atom is -0.442 e. The van der Waals surface area contributed by atoms with Crippen LogP contribution >= 0.6 is 16.8 Å². The first-order valence-corrected chi connectivity index (χ1v) is 36.5. The number of likely N-dealkylation sites (tertiary alicyclic amines) is 2. The highest BCUT2D eigenvalue weighted by atomic mass is 31.2. The normalized spacial score (nSPS) is 21.9. The number of aryl methyl sites for hydroxylation is 2. The Morgan fingerprint density at radius 3 is 1.46 bits per heavy atom. The van der Waals surface area contributed by atoms with Crippen LogP contribution in [0.25, 0.3) is 9.69 Å². The van der Waals surface area contributed by atoms with Crippen LogP contribution in [0.3, 0.4) is 0 Å². The van der Waals surface area contributed by atoms with Crippen LogP contribution in [-0.2, 0) is 32.5 Å². The van der Waals surface area contributed by atoms with E-state index in [1.807, 2.05) is 18.7 Å². The zero-order valence-corrected chi connectivity index (χ0v) is 65.5. The summed E-state index contributed by atoms with van der Waals surface area (Å²) in [6, 6.07) is 3.50. The molecule has 0 saturated carbocycles. The molecule has 3 aromatic rings. The molecule has 32 nitrogen and oxygen atoms in total. The fraction of sp³-hybridized carbons (Fsp3) is 0.758. The summed E-state index contributed by atoms with van der Waals surface area (Å²) in [4.78, 5) is 96.5. The van der Waals surface area contributed by atoms with Crippen LogP contribution in [0.4, 0.5) is 9.59 Å². The summed E-state index contributed by atoms with van der Waals surface area (Å²) in [5.41, 5.74) is -4.60. The number of nitrogens with zero attached hydrogens (tertiary/aromatic N) is 14. The quantitative estimate of drug-likeness (QED) is 0.0231. The number of hydrogen-bond acceptors (Lipinski definition) is 21. The average molecular weight is 1450 g/mol. The number of fused-ring (bicyclic) bond motifs is 4. The van der Waals surface area contributed by atoms with Crippen molar-refractivity contribution in [2.75, 3.05) is 46.1 Å². The molecule has 7 heterocycles. The molecule has 100 heavy (non-hydrogen) atoms. The summed E-state index contributed by atoms with van der Waals surface area (Å²) >= 11 is 0. The Labute approximate surface area is 592 Å². The van der Waals surface area contributed by atoms with E-state index in [1.165, 1.54) is 34.8 Å². The van der Waals surface area contributed by atoms with Gasteiger partial charge in [0.2, 0.25) is 13.1 Å². The number of rotatable bonds is 20. The number of H-pyrrole nitrogens is 3. The van der Waals surface area contributed by atoms with Crippen molar-refractivity contribution in [2.45, 2.75) is 281 Å². The van der Waals surface area contributed by atoms with Crippen LogP contribution in [-0.4, -0.2) is 217 Å². The molecule has 4 fully saturated rings. The number of morpholine rings is 2. The monoisotopic (exact) mass is 1440 g/mol. The minimum absolute atomic E-state index is 0.224. The number of nitriles is 1. The van der Waals surface area contributed by atoms with Gasteiger partial charge < -0.3 is 62.4 Å². The summed E-state index contributed by atoms with van der Waals surface area (Å²) < 4.78 is 48.9. The van der Waals surface area contributed by atoms with Gasteiger partial charge in [0, 0.05) is 73.4 Å². The molecule has 4 aliphatic rings. The highest BCUT2D eigenvalue weighted by molar-refractivity contribution is 7.47. The van der Waals surface area contributed by atoms with Crippen LogP contribution in [0.15, 0.2) is 47.9 Å². The van der Waals surface area contributed by atoms with Crippen molar-refractivity contribution in [1.82, 2.24) is 64.2 Å². The van der Waals surface area contributed by atoms with Crippen molar-refractivity contribution in [1.29, 1.82) is 5.26 Å². The van der Waals surface area contributed by atoms with Gasteiger partial charge in [-0.15, -0.1) is 10.2 Å². The molecule has 2 amide bonds. The predicted molar refractivity (Wildman–Crippen MR) is 387 cm³/mol. The molecule has 0 aromatic carbocycles. The van der Waals surface area contributed by atoms with Gasteiger partial charge in [0.05, 0.1) is 19.2 Å². The van der Waals surface area contributed by atoms with Crippen molar-refractivity contribution in [3.63, 3.8) is 0 Å². The van der Waals surface area contributed by atoms with Gasteiger partial charge in [-0.25, -0.2) is 41.7 Å². The van der Waals surface area contributed by atoms with Crippen molar-refractivity contribution >= 4 is 40.7 Å². The Bertz CT molecular complexity index is 3410. The largest absolute Gasteiger partial charge is 0.442 e. The molecular weight excluding hydrogens is 1330 g/mol. The molecule has 34 heteroatoms. The lowest BCUT2D eigenvalue weighted by Gasteiger charge is -2.45. The number of hydrogen-bond donors (Lipinski definition) is 5. The van der Waals surface area contributed by atoms with Crippen molar-refractivity contribution in [3.05, 3.63) is 94.4 Å². The van der Waals surface area contributed by atoms with E-state index in [-0.39, 0.29) is 13.2 Å². The van der Waals surface area contributed by atoms with Gasteiger partial charge in [-0.1, -0.05) is 46.8 Å². The molecule has 7 rings (SSSR count). The van der Waals surface area contributed by atoms with Gasteiger partial charge in [0.15, 0.2) is 35.6 Å². The fourth-order valence-electron chi connectivity index (χ4n) is 11.6. The summed E-state index contributed by atoms with van der Waals surface area (Å²) in [5, 5.41) is 33.7. The van der Waals surface area contributed by atoms with Crippen LogP contribution < -0.4 is 27.8 Å². The van der Waals surface area contributed by atoms with Crippen LogP contribution in [0, 0.1) is 38.3 Å². The Morgan fingerprint density at radius 2 is 1.13 bits per heavy atom. The van der Waals surface area contributed by atoms with E-state index in [4.69, 9.17) is 50.9 Å². The number of aliphatic imine (C=N–C) groups is 2. The number of aromatic amines is 3.